The molecule has 1 aliphatic carbocycles. The van der Waals surface area contributed by atoms with Crippen LogP contribution in [0.1, 0.15) is 57.6 Å². The second kappa shape index (κ2) is 13.1. The lowest BCUT2D eigenvalue weighted by atomic mass is 10.0. The summed E-state index contributed by atoms with van der Waals surface area (Å²) in [6.07, 6.45) is 6.39. The minimum absolute atomic E-state index is 0.0582. The van der Waals surface area contributed by atoms with Crippen molar-refractivity contribution in [1.82, 2.24) is 19.9 Å². The number of halogens is 1. The number of nitrogens with zero attached hydrogens (tertiary/aromatic N) is 4. The first kappa shape index (κ1) is 32.6. The molecule has 2 fully saturated rings. The van der Waals surface area contributed by atoms with Crippen LogP contribution in [-0.4, -0.2) is 64.8 Å². The Labute approximate surface area is 274 Å². The van der Waals surface area contributed by atoms with Crippen molar-refractivity contribution in [1.29, 1.82) is 0 Å². The number of pyridine rings is 1. The average Bonchev–Trinajstić information content (AvgIpc) is 3.83. The smallest absolute Gasteiger partial charge is 0.410 e. The van der Waals surface area contributed by atoms with Crippen LogP contribution in [0, 0.1) is 18.7 Å². The summed E-state index contributed by atoms with van der Waals surface area (Å²) in [7, 11) is -3.48. The lowest BCUT2D eigenvalue weighted by Crippen LogP contribution is -2.47. The molecule has 0 spiro atoms. The van der Waals surface area contributed by atoms with Gasteiger partial charge in [-0.2, -0.15) is 0 Å². The molecule has 2 aromatic carbocycles. The minimum Gasteiger partial charge on any atom is -0.444 e. The number of benzene rings is 2. The number of ether oxygens (including phenoxy) is 2. The van der Waals surface area contributed by atoms with Crippen molar-refractivity contribution in [2.24, 2.45) is 5.92 Å². The number of carbonyl (C=O) groups excluding carboxylic acids is 1. The first-order valence-electron chi connectivity index (χ1n) is 16.0. The summed E-state index contributed by atoms with van der Waals surface area (Å²) in [6.45, 7) is 8.52. The van der Waals surface area contributed by atoms with E-state index in [0.717, 1.165) is 31.2 Å². The van der Waals surface area contributed by atoms with Crippen LogP contribution in [0.5, 0.6) is 11.6 Å². The summed E-state index contributed by atoms with van der Waals surface area (Å²) in [6, 6.07) is 11.8. The quantitative estimate of drug-likeness (QED) is 0.201. The Kier molecular flexibility index (Phi) is 9.06. The van der Waals surface area contributed by atoms with E-state index < -0.39 is 21.3 Å². The summed E-state index contributed by atoms with van der Waals surface area (Å²) in [4.78, 5) is 28.1. The van der Waals surface area contributed by atoms with Gasteiger partial charge in [0.15, 0.2) is 9.84 Å². The predicted molar refractivity (Wildman–Crippen MR) is 179 cm³/mol. The van der Waals surface area contributed by atoms with Crippen LogP contribution < -0.4 is 10.1 Å². The fourth-order valence-electron chi connectivity index (χ4n) is 5.84. The monoisotopic (exact) mass is 661 g/mol. The standard InChI is InChI=1S/C35H40FN5O5S/c1-22-9-12-25-26(13-14-29(36)28(25)21-47(43,44)20-23-10-11-23)31(22)45-32-27(8-5-16-37-32)30-15-17-38-33(40-30)39-24-7-6-18-41(19-24)34(42)46-35(2,3)4/h5,8-9,12-17,23-24H,6-7,10-11,18-21H2,1-4H3,(H,38,39,40)/t24-/m0/s1. The fraction of sp³-hybridized carbons (Fsp3) is 0.429. The molecule has 47 heavy (non-hydrogen) atoms. The van der Waals surface area contributed by atoms with Crippen LogP contribution >= 0.6 is 0 Å². The number of piperidine rings is 1. The number of aromatic nitrogens is 3. The van der Waals surface area contributed by atoms with E-state index >= 15 is 4.39 Å². The molecule has 0 radical (unpaired) electrons. The molecule has 1 saturated heterocycles. The number of hydrogen-bond acceptors (Lipinski definition) is 9. The van der Waals surface area contributed by atoms with Gasteiger partial charge < -0.3 is 19.7 Å². The molecule has 0 bridgehead atoms. The summed E-state index contributed by atoms with van der Waals surface area (Å²) >= 11 is 0. The van der Waals surface area contributed by atoms with Gasteiger partial charge in [0.25, 0.3) is 0 Å². The van der Waals surface area contributed by atoms with E-state index in [9.17, 15) is 13.2 Å². The van der Waals surface area contributed by atoms with Gasteiger partial charge in [0.2, 0.25) is 11.8 Å². The van der Waals surface area contributed by atoms with E-state index in [0.29, 0.717) is 46.8 Å². The number of fused-ring (bicyclic) bond motifs is 1. The molecule has 1 N–H and O–H groups in total. The third kappa shape index (κ3) is 7.98. The molecule has 12 heteroatoms. The molecule has 248 valence electrons. The highest BCUT2D eigenvalue weighted by Gasteiger charge is 2.30. The third-order valence-electron chi connectivity index (χ3n) is 8.26. The molecule has 0 unspecified atom stereocenters. The lowest BCUT2D eigenvalue weighted by molar-refractivity contribution is 0.0206. The molecule has 6 rings (SSSR count). The van der Waals surface area contributed by atoms with Gasteiger partial charge >= 0.3 is 6.09 Å². The third-order valence-corrected chi connectivity index (χ3v) is 9.97. The van der Waals surface area contributed by atoms with Crippen molar-refractivity contribution in [3.05, 3.63) is 71.8 Å². The van der Waals surface area contributed by atoms with Crippen molar-refractivity contribution in [3.8, 4) is 22.9 Å². The summed E-state index contributed by atoms with van der Waals surface area (Å²) in [5.41, 5.74) is 1.54. The number of nitrogens with one attached hydrogen (secondary N) is 1. The van der Waals surface area contributed by atoms with Gasteiger partial charge in [-0.1, -0.05) is 12.1 Å². The average molecular weight is 662 g/mol. The maximum atomic E-state index is 15.1. The topological polar surface area (TPSA) is 124 Å². The Morgan fingerprint density at radius 1 is 1.04 bits per heavy atom. The number of anilines is 1. The molecule has 1 aliphatic heterocycles. The van der Waals surface area contributed by atoms with E-state index in [4.69, 9.17) is 14.5 Å². The summed E-state index contributed by atoms with van der Waals surface area (Å²) < 4.78 is 52.9. The SMILES string of the molecule is Cc1ccc2c(CS(=O)(=O)CC3CC3)c(F)ccc2c1Oc1ncccc1-c1ccnc(N[C@H]2CCCN(C(=O)OC(C)(C)C)C2)n1. The molecule has 4 aromatic rings. The minimum atomic E-state index is -3.48. The maximum Gasteiger partial charge on any atom is 0.410 e. The van der Waals surface area contributed by atoms with Gasteiger partial charge in [-0.3, -0.25) is 0 Å². The van der Waals surface area contributed by atoms with Crippen molar-refractivity contribution >= 4 is 32.7 Å². The second-order valence-corrected chi connectivity index (χ2v) is 15.6. The number of carbonyl (C=O) groups is 1. The van der Waals surface area contributed by atoms with Crippen LogP contribution in [-0.2, 0) is 20.3 Å². The second-order valence-electron chi connectivity index (χ2n) is 13.5. The largest absolute Gasteiger partial charge is 0.444 e. The molecule has 1 saturated carbocycles. The van der Waals surface area contributed by atoms with Crippen LogP contribution in [0.3, 0.4) is 0 Å². The Morgan fingerprint density at radius 2 is 1.83 bits per heavy atom. The summed E-state index contributed by atoms with van der Waals surface area (Å²) in [5.74, 6) is 0.480. The van der Waals surface area contributed by atoms with Crippen molar-refractivity contribution in [3.63, 3.8) is 0 Å². The number of rotatable bonds is 9. The van der Waals surface area contributed by atoms with E-state index in [2.05, 4.69) is 15.3 Å². The van der Waals surface area contributed by atoms with Gasteiger partial charge in [0, 0.05) is 42.5 Å². The number of hydrogen-bond donors (Lipinski definition) is 1. The van der Waals surface area contributed by atoms with Gasteiger partial charge in [0.1, 0.15) is 17.2 Å². The first-order chi connectivity index (χ1) is 22.3. The zero-order valence-corrected chi connectivity index (χ0v) is 27.9. The highest BCUT2D eigenvalue weighted by Crippen LogP contribution is 2.39. The molecule has 10 nitrogen and oxygen atoms in total. The Bertz CT molecular complexity index is 1910. The molecule has 2 aromatic heterocycles. The van der Waals surface area contributed by atoms with Crippen LogP contribution in [0.4, 0.5) is 15.1 Å². The van der Waals surface area contributed by atoms with Crippen molar-refractivity contribution < 1.29 is 27.1 Å². The van der Waals surface area contributed by atoms with E-state index in [-0.39, 0.29) is 41.0 Å². The van der Waals surface area contributed by atoms with Gasteiger partial charge in [-0.15, -0.1) is 0 Å². The van der Waals surface area contributed by atoms with Gasteiger partial charge in [-0.25, -0.2) is 32.6 Å². The fourth-order valence-corrected chi connectivity index (χ4v) is 7.74. The number of aryl methyl sites for hydroxylation is 1. The molecular weight excluding hydrogens is 621 g/mol. The highest BCUT2D eigenvalue weighted by molar-refractivity contribution is 7.90. The molecule has 2 aliphatic rings. The van der Waals surface area contributed by atoms with Crippen LogP contribution in [0.25, 0.3) is 22.0 Å². The van der Waals surface area contributed by atoms with E-state index in [1.165, 1.54) is 6.07 Å². The lowest BCUT2D eigenvalue weighted by Gasteiger charge is -2.34. The number of likely N-dealkylation sites (tertiary alicyclic amines) is 1. The Hall–Kier alpha value is -4.32. The van der Waals surface area contributed by atoms with Gasteiger partial charge in [-0.05, 0) is 101 Å². The molecule has 1 amide bonds. The first-order valence-corrected chi connectivity index (χ1v) is 17.8. The van der Waals surface area contributed by atoms with E-state index in [1.807, 2.05) is 33.8 Å². The van der Waals surface area contributed by atoms with Crippen LogP contribution in [0.2, 0.25) is 0 Å². The number of amides is 1. The van der Waals surface area contributed by atoms with Crippen LogP contribution in [0.15, 0.2) is 54.9 Å². The highest BCUT2D eigenvalue weighted by atomic mass is 32.2. The van der Waals surface area contributed by atoms with Crippen molar-refractivity contribution in [2.75, 3.05) is 24.2 Å². The zero-order chi connectivity index (χ0) is 33.3. The normalized spacial score (nSPS) is 17.0. The number of sulfone groups is 1. The van der Waals surface area contributed by atoms with E-state index in [1.54, 1.807) is 47.6 Å². The zero-order valence-electron chi connectivity index (χ0n) is 27.1. The van der Waals surface area contributed by atoms with Crippen molar-refractivity contribution in [2.45, 2.75) is 70.8 Å². The maximum absolute atomic E-state index is 15.1. The predicted octanol–water partition coefficient (Wildman–Crippen LogP) is 7.07. The molecular formula is C35H40FN5O5S. The molecule has 3 heterocycles. The Morgan fingerprint density at radius 3 is 2.60 bits per heavy atom. The molecule has 1 atom stereocenters. The Balaban J connectivity index is 1.25. The summed E-state index contributed by atoms with van der Waals surface area (Å²) in [5, 5.41) is 4.45. The van der Waals surface area contributed by atoms with Gasteiger partial charge in [0.05, 0.1) is 22.8 Å².